The van der Waals surface area contributed by atoms with E-state index in [0.717, 1.165) is 0 Å². The second-order valence-corrected chi connectivity index (χ2v) is 6.28. The summed E-state index contributed by atoms with van der Waals surface area (Å²) in [6, 6.07) is 13.5. The van der Waals surface area contributed by atoms with Crippen LogP contribution in [0.4, 0.5) is 11.4 Å². The number of para-hydroxylation sites is 2. The molecule has 0 fully saturated rings. The summed E-state index contributed by atoms with van der Waals surface area (Å²) in [7, 11) is 1.61. The van der Waals surface area contributed by atoms with Gasteiger partial charge in [-0.1, -0.05) is 12.1 Å². The largest absolute Gasteiger partial charge is 0.482 e. The van der Waals surface area contributed by atoms with Crippen LogP contribution in [0.1, 0.15) is 6.92 Å². The second-order valence-electron chi connectivity index (χ2n) is 6.28. The topological polar surface area (TPSA) is 96.4 Å². The molecule has 0 spiro atoms. The van der Waals surface area contributed by atoms with Gasteiger partial charge in [0, 0.05) is 12.7 Å². The van der Waals surface area contributed by atoms with Crippen LogP contribution in [0, 0.1) is 0 Å². The van der Waals surface area contributed by atoms with Crippen molar-refractivity contribution in [1.29, 1.82) is 0 Å². The lowest BCUT2D eigenvalue weighted by Gasteiger charge is -2.33. The maximum atomic E-state index is 12.8. The number of ether oxygens (including phenoxy) is 2. The highest BCUT2D eigenvalue weighted by Gasteiger charge is 2.33. The van der Waals surface area contributed by atoms with E-state index in [-0.39, 0.29) is 18.4 Å². The Hall–Kier alpha value is -3.55. The van der Waals surface area contributed by atoms with Crippen molar-refractivity contribution in [3.05, 3.63) is 48.5 Å². The molecule has 1 aliphatic heterocycles. The molecule has 8 nitrogen and oxygen atoms in total. The van der Waals surface area contributed by atoms with E-state index in [9.17, 15) is 14.4 Å². The molecular weight excluding hydrogens is 364 g/mol. The molecule has 8 heteroatoms. The lowest BCUT2D eigenvalue weighted by Crippen LogP contribution is -2.49. The van der Waals surface area contributed by atoms with Gasteiger partial charge in [-0.2, -0.15) is 0 Å². The standard InChI is InChI=1S/C20H20N2O6/c1-13-20(26)22(16-5-3-4-6-17(16)28-13)11-18(23)21(2)14-7-9-15(10-8-14)27-12-19(24)25/h3-10,13H,11-12H2,1-2H3,(H,24,25). The number of carboxylic acid groups (broad SMARTS) is 1. The minimum absolute atomic E-state index is 0.128. The van der Waals surface area contributed by atoms with Crippen molar-refractivity contribution in [2.45, 2.75) is 13.0 Å². The number of aliphatic carboxylic acids is 1. The number of rotatable bonds is 6. The zero-order chi connectivity index (χ0) is 20.3. The highest BCUT2D eigenvalue weighted by Crippen LogP contribution is 2.33. The maximum absolute atomic E-state index is 12.8. The van der Waals surface area contributed by atoms with Crippen molar-refractivity contribution in [3.8, 4) is 11.5 Å². The van der Waals surface area contributed by atoms with E-state index in [1.54, 1.807) is 56.4 Å². The first-order valence-electron chi connectivity index (χ1n) is 8.65. The lowest BCUT2D eigenvalue weighted by molar-refractivity contribution is -0.139. The Balaban J connectivity index is 1.72. The number of likely N-dealkylation sites (N-methyl/N-ethyl adjacent to an activating group) is 1. The molecule has 1 heterocycles. The quantitative estimate of drug-likeness (QED) is 0.818. The maximum Gasteiger partial charge on any atom is 0.341 e. The summed E-state index contributed by atoms with van der Waals surface area (Å²) >= 11 is 0. The molecule has 28 heavy (non-hydrogen) atoms. The van der Waals surface area contributed by atoms with Crippen LogP contribution in [0.5, 0.6) is 11.5 Å². The number of hydrogen-bond donors (Lipinski definition) is 1. The summed E-state index contributed by atoms with van der Waals surface area (Å²) in [5, 5.41) is 8.64. The smallest absolute Gasteiger partial charge is 0.341 e. The molecule has 1 atom stereocenters. The van der Waals surface area contributed by atoms with Crippen LogP contribution in [0.3, 0.4) is 0 Å². The fourth-order valence-electron chi connectivity index (χ4n) is 2.82. The van der Waals surface area contributed by atoms with E-state index >= 15 is 0 Å². The molecule has 1 N–H and O–H groups in total. The van der Waals surface area contributed by atoms with Crippen LogP contribution in [-0.2, 0) is 14.4 Å². The van der Waals surface area contributed by atoms with Crippen molar-refractivity contribution < 1.29 is 29.0 Å². The van der Waals surface area contributed by atoms with Gasteiger partial charge in [0.2, 0.25) is 5.91 Å². The number of benzene rings is 2. The summed E-state index contributed by atoms with van der Waals surface area (Å²) in [6.07, 6.45) is -0.668. The Morgan fingerprint density at radius 2 is 1.86 bits per heavy atom. The van der Waals surface area contributed by atoms with E-state index in [1.807, 2.05) is 6.07 Å². The number of carbonyl (C=O) groups excluding carboxylic acids is 2. The van der Waals surface area contributed by atoms with Crippen LogP contribution < -0.4 is 19.3 Å². The van der Waals surface area contributed by atoms with Crippen LogP contribution >= 0.6 is 0 Å². The van der Waals surface area contributed by atoms with Crippen molar-refractivity contribution in [2.75, 3.05) is 30.0 Å². The van der Waals surface area contributed by atoms with Gasteiger partial charge < -0.3 is 19.5 Å². The third-order valence-electron chi connectivity index (χ3n) is 4.33. The fraction of sp³-hybridized carbons (Fsp3) is 0.250. The molecule has 2 aromatic rings. The van der Waals surface area contributed by atoms with Gasteiger partial charge in [0.25, 0.3) is 5.91 Å². The minimum Gasteiger partial charge on any atom is -0.482 e. The first-order valence-corrected chi connectivity index (χ1v) is 8.65. The highest BCUT2D eigenvalue weighted by atomic mass is 16.5. The minimum atomic E-state index is -1.07. The Morgan fingerprint density at radius 3 is 2.54 bits per heavy atom. The van der Waals surface area contributed by atoms with E-state index in [4.69, 9.17) is 14.6 Å². The van der Waals surface area contributed by atoms with Gasteiger partial charge in [-0.05, 0) is 43.3 Å². The van der Waals surface area contributed by atoms with Crippen molar-refractivity contribution in [3.63, 3.8) is 0 Å². The van der Waals surface area contributed by atoms with Crippen LogP contribution in [-0.4, -0.2) is 49.2 Å². The summed E-state index contributed by atoms with van der Waals surface area (Å²) in [5.41, 5.74) is 1.15. The first kappa shape index (κ1) is 19.2. The van der Waals surface area contributed by atoms with Gasteiger partial charge in [0.05, 0.1) is 5.69 Å². The first-order chi connectivity index (χ1) is 13.4. The van der Waals surface area contributed by atoms with E-state index in [0.29, 0.717) is 22.9 Å². The van der Waals surface area contributed by atoms with E-state index in [1.165, 1.54) is 9.80 Å². The molecule has 0 aromatic heterocycles. The van der Waals surface area contributed by atoms with Gasteiger partial charge in [-0.3, -0.25) is 14.5 Å². The Morgan fingerprint density at radius 1 is 1.18 bits per heavy atom. The molecule has 146 valence electrons. The predicted molar refractivity (Wildman–Crippen MR) is 102 cm³/mol. The average Bonchev–Trinajstić information content (AvgIpc) is 2.69. The number of carboxylic acids is 1. The molecule has 0 aliphatic carbocycles. The van der Waals surface area contributed by atoms with Gasteiger partial charge >= 0.3 is 5.97 Å². The van der Waals surface area contributed by atoms with Gasteiger partial charge in [0.1, 0.15) is 18.0 Å². The van der Waals surface area contributed by atoms with Crippen LogP contribution in [0.2, 0.25) is 0 Å². The Labute approximate surface area is 161 Å². The number of hydrogen-bond acceptors (Lipinski definition) is 5. The summed E-state index contributed by atoms with van der Waals surface area (Å²) < 4.78 is 10.7. The zero-order valence-corrected chi connectivity index (χ0v) is 15.5. The molecule has 1 aliphatic rings. The molecule has 2 aromatic carbocycles. The molecule has 1 unspecified atom stereocenters. The van der Waals surface area contributed by atoms with Crippen LogP contribution in [0.15, 0.2) is 48.5 Å². The Kier molecular flexibility index (Phi) is 5.49. The third kappa shape index (κ3) is 4.06. The monoisotopic (exact) mass is 384 g/mol. The van der Waals surface area contributed by atoms with Gasteiger partial charge in [-0.25, -0.2) is 4.79 Å². The van der Waals surface area contributed by atoms with Crippen molar-refractivity contribution in [1.82, 2.24) is 0 Å². The van der Waals surface area contributed by atoms with Gasteiger partial charge in [0.15, 0.2) is 12.7 Å². The number of carbonyl (C=O) groups is 3. The van der Waals surface area contributed by atoms with Crippen molar-refractivity contribution in [2.24, 2.45) is 0 Å². The normalized spacial score (nSPS) is 15.4. The Bertz CT molecular complexity index is 896. The zero-order valence-electron chi connectivity index (χ0n) is 15.5. The summed E-state index contributed by atoms with van der Waals surface area (Å²) in [6.45, 7) is 1.08. The molecule has 3 rings (SSSR count). The number of fused-ring (bicyclic) bond motifs is 1. The number of nitrogens with zero attached hydrogens (tertiary/aromatic N) is 2. The van der Waals surface area contributed by atoms with E-state index in [2.05, 4.69) is 0 Å². The fourth-order valence-corrected chi connectivity index (χ4v) is 2.82. The van der Waals surface area contributed by atoms with E-state index < -0.39 is 18.7 Å². The third-order valence-corrected chi connectivity index (χ3v) is 4.33. The SMILES string of the molecule is CC1Oc2ccccc2N(CC(=O)N(C)c2ccc(OCC(=O)O)cc2)C1=O. The number of amides is 2. The molecule has 2 amide bonds. The lowest BCUT2D eigenvalue weighted by atomic mass is 10.2. The molecular formula is C20H20N2O6. The number of anilines is 2. The van der Waals surface area contributed by atoms with Crippen LogP contribution in [0.25, 0.3) is 0 Å². The summed E-state index contributed by atoms with van der Waals surface area (Å²) in [5.74, 6) is -0.682. The molecule has 0 radical (unpaired) electrons. The van der Waals surface area contributed by atoms with Gasteiger partial charge in [-0.15, -0.1) is 0 Å². The molecule has 0 saturated carbocycles. The highest BCUT2D eigenvalue weighted by molar-refractivity contribution is 6.06. The predicted octanol–water partition coefficient (Wildman–Crippen LogP) is 1.93. The summed E-state index contributed by atoms with van der Waals surface area (Å²) in [4.78, 5) is 38.7. The molecule has 0 saturated heterocycles. The van der Waals surface area contributed by atoms with Crippen molar-refractivity contribution >= 4 is 29.2 Å². The molecule has 0 bridgehead atoms. The average molecular weight is 384 g/mol. The second kappa shape index (κ2) is 7.99.